The molecule has 0 aliphatic carbocycles. The number of carboxylic acids is 1. The van der Waals surface area contributed by atoms with E-state index in [1.54, 1.807) is 6.26 Å². The van der Waals surface area contributed by atoms with E-state index in [2.05, 4.69) is 40.2 Å². The van der Waals surface area contributed by atoms with Crippen LogP contribution in [0.2, 0.25) is 0 Å². The van der Waals surface area contributed by atoms with Crippen molar-refractivity contribution in [2.24, 2.45) is 0 Å². The van der Waals surface area contributed by atoms with Gasteiger partial charge in [-0.25, -0.2) is 4.79 Å². The van der Waals surface area contributed by atoms with E-state index in [0.29, 0.717) is 29.7 Å². The molecule has 1 heterocycles. The molecule has 37 heavy (non-hydrogen) atoms. The van der Waals surface area contributed by atoms with Gasteiger partial charge in [-0.1, -0.05) is 60.7 Å². The van der Waals surface area contributed by atoms with E-state index in [9.17, 15) is 9.90 Å². The highest BCUT2D eigenvalue weighted by molar-refractivity contribution is 9.10. The molecule has 0 saturated heterocycles. The molecule has 4 aromatic carbocycles. The number of hydrogen-bond donors (Lipinski definition) is 1. The van der Waals surface area contributed by atoms with Crippen LogP contribution in [0, 0.1) is 0 Å². The SMILES string of the molecule is O=C(O)COc1c(Cc2ccccc2)cc2cc(Cc3ccccc3)c(OCc3ccco3)cc2c1Br. The van der Waals surface area contributed by atoms with Gasteiger partial charge in [-0.3, -0.25) is 0 Å². The van der Waals surface area contributed by atoms with Crippen molar-refractivity contribution in [2.75, 3.05) is 6.61 Å². The number of ether oxygens (including phenoxy) is 2. The first-order valence-corrected chi connectivity index (χ1v) is 12.7. The number of furan rings is 1. The topological polar surface area (TPSA) is 68.9 Å². The molecule has 5 rings (SSSR count). The molecule has 0 bridgehead atoms. The quantitative estimate of drug-likeness (QED) is 0.194. The van der Waals surface area contributed by atoms with E-state index in [1.165, 1.54) is 5.56 Å². The molecule has 0 spiro atoms. The summed E-state index contributed by atoms with van der Waals surface area (Å²) in [5.41, 5.74) is 4.23. The third-order valence-electron chi connectivity index (χ3n) is 6.05. The van der Waals surface area contributed by atoms with Crippen molar-refractivity contribution in [3.05, 3.63) is 130 Å². The van der Waals surface area contributed by atoms with Crippen LogP contribution in [0.1, 0.15) is 28.0 Å². The van der Waals surface area contributed by atoms with Gasteiger partial charge in [0.15, 0.2) is 6.61 Å². The second-order valence-electron chi connectivity index (χ2n) is 8.74. The molecule has 0 unspecified atom stereocenters. The van der Waals surface area contributed by atoms with Gasteiger partial charge in [-0.15, -0.1) is 0 Å². The van der Waals surface area contributed by atoms with Gasteiger partial charge in [-0.2, -0.15) is 0 Å². The molecule has 1 N–H and O–H groups in total. The summed E-state index contributed by atoms with van der Waals surface area (Å²) in [5, 5.41) is 11.2. The number of benzene rings is 4. The van der Waals surface area contributed by atoms with Gasteiger partial charge in [0, 0.05) is 23.8 Å². The fourth-order valence-corrected chi connectivity index (χ4v) is 5.05. The van der Waals surface area contributed by atoms with E-state index in [4.69, 9.17) is 13.9 Å². The highest BCUT2D eigenvalue weighted by atomic mass is 79.9. The molecular formula is C31H25BrO5. The molecule has 5 aromatic rings. The smallest absolute Gasteiger partial charge is 0.341 e. The molecular weight excluding hydrogens is 532 g/mol. The Bertz CT molecular complexity index is 1500. The zero-order valence-electron chi connectivity index (χ0n) is 20.0. The van der Waals surface area contributed by atoms with Crippen molar-refractivity contribution in [3.63, 3.8) is 0 Å². The van der Waals surface area contributed by atoms with Crippen molar-refractivity contribution >= 4 is 32.7 Å². The summed E-state index contributed by atoms with van der Waals surface area (Å²) in [6.07, 6.45) is 2.93. The number of fused-ring (bicyclic) bond motifs is 1. The number of aliphatic carboxylic acids is 1. The molecule has 0 amide bonds. The lowest BCUT2D eigenvalue weighted by Gasteiger charge is -2.18. The summed E-state index contributed by atoms with van der Waals surface area (Å²) in [6.45, 7) is -0.133. The molecule has 0 aliphatic rings. The van der Waals surface area contributed by atoms with Crippen LogP contribution in [-0.4, -0.2) is 17.7 Å². The Hall–Kier alpha value is -4.03. The van der Waals surface area contributed by atoms with Crippen molar-refractivity contribution in [2.45, 2.75) is 19.4 Å². The Morgan fingerprint density at radius 1 is 0.811 bits per heavy atom. The summed E-state index contributed by atoms with van der Waals surface area (Å²) < 4.78 is 18.2. The lowest BCUT2D eigenvalue weighted by molar-refractivity contribution is -0.139. The Labute approximate surface area is 223 Å². The molecule has 5 nitrogen and oxygen atoms in total. The van der Waals surface area contributed by atoms with E-state index >= 15 is 0 Å². The highest BCUT2D eigenvalue weighted by Gasteiger charge is 2.18. The van der Waals surface area contributed by atoms with Gasteiger partial charge >= 0.3 is 5.97 Å². The Balaban J connectivity index is 1.61. The summed E-state index contributed by atoms with van der Waals surface area (Å²) in [5.74, 6) is 0.951. The maximum Gasteiger partial charge on any atom is 0.341 e. The van der Waals surface area contributed by atoms with E-state index in [-0.39, 0.29) is 0 Å². The zero-order valence-corrected chi connectivity index (χ0v) is 21.6. The standard InChI is InChI=1S/C31H25BrO5/c32-30-27-18-28(36-19-26-12-7-13-35-26)24(14-21-8-3-1-4-9-21)16-23(27)17-25(31(30)37-20-29(33)34)15-22-10-5-2-6-11-22/h1-13,16-18H,14-15,19-20H2,(H,33,34). The Morgan fingerprint density at radius 2 is 1.46 bits per heavy atom. The predicted octanol–water partition coefficient (Wildman–Crippen LogP) is 7.42. The van der Waals surface area contributed by atoms with Gasteiger partial charge in [0.1, 0.15) is 23.9 Å². The van der Waals surface area contributed by atoms with Gasteiger partial charge in [0.05, 0.1) is 10.7 Å². The number of hydrogen-bond acceptors (Lipinski definition) is 4. The van der Waals surface area contributed by atoms with Crippen molar-refractivity contribution in [1.82, 2.24) is 0 Å². The van der Waals surface area contributed by atoms with Crippen molar-refractivity contribution in [3.8, 4) is 11.5 Å². The Kier molecular flexibility index (Phi) is 7.57. The maximum atomic E-state index is 11.3. The first-order valence-electron chi connectivity index (χ1n) is 11.9. The molecule has 6 heteroatoms. The fourth-order valence-electron chi connectivity index (χ4n) is 4.34. The minimum absolute atomic E-state index is 0.298. The normalized spacial score (nSPS) is 10.9. The Morgan fingerprint density at radius 3 is 2.08 bits per heavy atom. The molecule has 0 saturated carbocycles. The largest absolute Gasteiger partial charge is 0.485 e. The zero-order chi connectivity index (χ0) is 25.6. The predicted molar refractivity (Wildman–Crippen MR) is 146 cm³/mol. The van der Waals surface area contributed by atoms with Crippen LogP contribution in [0.3, 0.4) is 0 Å². The maximum absolute atomic E-state index is 11.3. The second kappa shape index (κ2) is 11.4. The number of carbonyl (C=O) groups is 1. The molecule has 0 aliphatic heterocycles. The summed E-state index contributed by atoms with van der Waals surface area (Å²) >= 11 is 3.72. The number of rotatable bonds is 10. The van der Waals surface area contributed by atoms with Crippen LogP contribution in [0.15, 0.2) is 106 Å². The first kappa shape index (κ1) is 24.7. The van der Waals surface area contributed by atoms with Crippen molar-refractivity contribution in [1.29, 1.82) is 0 Å². The third-order valence-corrected chi connectivity index (χ3v) is 6.84. The molecule has 1 aromatic heterocycles. The lowest BCUT2D eigenvalue weighted by Crippen LogP contribution is -2.11. The van der Waals surface area contributed by atoms with Gasteiger partial charge < -0.3 is 19.0 Å². The monoisotopic (exact) mass is 556 g/mol. The van der Waals surface area contributed by atoms with Crippen LogP contribution < -0.4 is 9.47 Å². The first-order chi connectivity index (χ1) is 18.1. The molecule has 0 atom stereocenters. The molecule has 0 radical (unpaired) electrons. The van der Waals surface area contributed by atoms with Crippen LogP contribution in [0.25, 0.3) is 10.8 Å². The van der Waals surface area contributed by atoms with Gasteiger partial charge in [0.2, 0.25) is 0 Å². The molecule has 186 valence electrons. The van der Waals surface area contributed by atoms with E-state index in [1.807, 2.05) is 66.7 Å². The number of halogens is 1. The minimum Gasteiger partial charge on any atom is -0.485 e. The van der Waals surface area contributed by atoms with Crippen LogP contribution in [0.4, 0.5) is 0 Å². The number of carboxylic acid groups (broad SMARTS) is 1. The lowest BCUT2D eigenvalue weighted by atomic mass is 9.96. The van der Waals surface area contributed by atoms with E-state index < -0.39 is 12.6 Å². The van der Waals surface area contributed by atoms with Crippen molar-refractivity contribution < 1.29 is 23.8 Å². The van der Waals surface area contributed by atoms with Gasteiger partial charge in [-0.05, 0) is 68.3 Å². The van der Waals surface area contributed by atoms with E-state index in [0.717, 1.165) is 39.0 Å². The average molecular weight is 557 g/mol. The van der Waals surface area contributed by atoms with Crippen LogP contribution >= 0.6 is 15.9 Å². The summed E-state index contributed by atoms with van der Waals surface area (Å²) in [7, 11) is 0. The van der Waals surface area contributed by atoms with Crippen LogP contribution in [0.5, 0.6) is 11.5 Å². The fraction of sp³-hybridized carbons (Fsp3) is 0.129. The summed E-state index contributed by atoms with van der Waals surface area (Å²) in [4.78, 5) is 11.3. The minimum atomic E-state index is -1.03. The van der Waals surface area contributed by atoms with Gasteiger partial charge in [0.25, 0.3) is 0 Å². The average Bonchev–Trinajstić information content (AvgIpc) is 3.42. The van der Waals surface area contributed by atoms with Crippen LogP contribution in [-0.2, 0) is 24.2 Å². The second-order valence-corrected chi connectivity index (χ2v) is 9.53. The highest BCUT2D eigenvalue weighted by Crippen LogP contribution is 2.41. The molecule has 0 fully saturated rings. The third kappa shape index (κ3) is 6.04. The summed E-state index contributed by atoms with van der Waals surface area (Å²) in [6, 6.07) is 30.2.